The van der Waals surface area contributed by atoms with Gasteiger partial charge in [-0.1, -0.05) is 36.4 Å². The second kappa shape index (κ2) is 4.39. The highest BCUT2D eigenvalue weighted by molar-refractivity contribution is 5.72. The number of nitrogens with zero attached hydrogens (tertiary/aromatic N) is 1. The Morgan fingerprint density at radius 3 is 2.63 bits per heavy atom. The molecule has 96 valence electrons. The number of nitrogens with one attached hydrogen (secondary N) is 1. The van der Waals surface area contributed by atoms with Crippen molar-refractivity contribution in [2.24, 2.45) is 0 Å². The van der Waals surface area contributed by atoms with E-state index in [4.69, 9.17) is 0 Å². The van der Waals surface area contributed by atoms with E-state index in [9.17, 15) is 0 Å². The molecule has 19 heavy (non-hydrogen) atoms. The molecule has 2 nitrogen and oxygen atoms in total. The fourth-order valence-electron chi connectivity index (χ4n) is 3.59. The summed E-state index contributed by atoms with van der Waals surface area (Å²) in [5, 5.41) is 3.54. The Morgan fingerprint density at radius 2 is 1.74 bits per heavy atom. The van der Waals surface area contributed by atoms with Crippen molar-refractivity contribution in [1.82, 2.24) is 5.32 Å². The Morgan fingerprint density at radius 1 is 0.947 bits per heavy atom. The normalized spacial score (nSPS) is 24.9. The molecule has 0 amide bonds. The summed E-state index contributed by atoms with van der Waals surface area (Å²) in [5.74, 6) is 0.630. The van der Waals surface area contributed by atoms with E-state index in [1.54, 1.807) is 0 Å². The Balaban J connectivity index is 1.85. The molecule has 2 aliphatic heterocycles. The summed E-state index contributed by atoms with van der Waals surface area (Å²) in [5.41, 5.74) is 4.22. The molecule has 0 radical (unpaired) electrons. The summed E-state index contributed by atoms with van der Waals surface area (Å²) in [6.07, 6.45) is 1.22. The molecular weight excluding hydrogens is 232 g/mol. The Kier molecular flexibility index (Phi) is 2.56. The van der Waals surface area contributed by atoms with Gasteiger partial charge in [-0.2, -0.15) is 0 Å². The summed E-state index contributed by atoms with van der Waals surface area (Å²) in [6, 6.07) is 20.3. The minimum Gasteiger partial charge on any atom is -0.337 e. The highest BCUT2D eigenvalue weighted by Gasteiger charge is 2.39. The lowest BCUT2D eigenvalue weighted by atomic mass is 9.90. The maximum Gasteiger partial charge on any atom is 0.0450 e. The van der Waals surface area contributed by atoms with Crippen LogP contribution >= 0.6 is 0 Å². The Hall–Kier alpha value is -1.80. The van der Waals surface area contributed by atoms with E-state index in [2.05, 4.69) is 64.8 Å². The van der Waals surface area contributed by atoms with Crippen LogP contribution in [0.1, 0.15) is 17.9 Å². The van der Waals surface area contributed by atoms with Gasteiger partial charge in [-0.25, -0.2) is 0 Å². The first-order valence-electron chi connectivity index (χ1n) is 7.09. The minimum atomic E-state index is 0.612. The lowest BCUT2D eigenvalue weighted by molar-refractivity contribution is 0.419. The summed E-state index contributed by atoms with van der Waals surface area (Å²) in [4.78, 5) is 2.54. The third kappa shape index (κ3) is 1.67. The van der Waals surface area contributed by atoms with Crippen LogP contribution in [0.4, 0.5) is 11.4 Å². The van der Waals surface area contributed by atoms with E-state index in [1.807, 2.05) is 0 Å². The predicted octanol–water partition coefficient (Wildman–Crippen LogP) is 3.28. The van der Waals surface area contributed by atoms with Gasteiger partial charge < -0.3 is 10.2 Å². The fourth-order valence-corrected chi connectivity index (χ4v) is 3.59. The molecule has 2 unspecified atom stereocenters. The molecule has 4 rings (SSSR count). The topological polar surface area (TPSA) is 15.3 Å². The molecule has 1 saturated heterocycles. The first-order valence-corrected chi connectivity index (χ1v) is 7.09. The highest BCUT2D eigenvalue weighted by atomic mass is 15.2. The van der Waals surface area contributed by atoms with Gasteiger partial charge in [0.05, 0.1) is 0 Å². The second-order valence-electron chi connectivity index (χ2n) is 5.43. The number of rotatable bonds is 1. The molecule has 2 heterocycles. The first-order chi connectivity index (χ1) is 9.45. The average Bonchev–Trinajstić information content (AvgIpc) is 2.83. The molecule has 0 aliphatic carbocycles. The van der Waals surface area contributed by atoms with Crippen molar-refractivity contribution in [2.75, 3.05) is 18.0 Å². The monoisotopic (exact) mass is 250 g/mol. The molecule has 2 aromatic carbocycles. The van der Waals surface area contributed by atoms with Gasteiger partial charge in [-0.05, 0) is 36.7 Å². The standard InChI is InChI=1S/C17H18N2/c1-2-6-13(7-3-1)19-16-9-5-4-8-14(16)15-12-18-11-10-17(15)19/h1-9,15,17-18H,10-12H2. The summed E-state index contributed by atoms with van der Waals surface area (Å²) in [7, 11) is 0. The van der Waals surface area contributed by atoms with Crippen molar-refractivity contribution in [3.05, 3.63) is 60.2 Å². The summed E-state index contributed by atoms with van der Waals surface area (Å²) < 4.78 is 0. The Labute approximate surface area is 114 Å². The van der Waals surface area contributed by atoms with Gasteiger partial charge in [0.2, 0.25) is 0 Å². The number of piperidine rings is 1. The van der Waals surface area contributed by atoms with E-state index >= 15 is 0 Å². The van der Waals surface area contributed by atoms with Gasteiger partial charge in [-0.15, -0.1) is 0 Å². The van der Waals surface area contributed by atoms with Gasteiger partial charge in [0.1, 0.15) is 0 Å². The van der Waals surface area contributed by atoms with Gasteiger partial charge in [0.25, 0.3) is 0 Å². The first kappa shape index (κ1) is 11.1. The van der Waals surface area contributed by atoms with Crippen LogP contribution in [0.2, 0.25) is 0 Å². The van der Waals surface area contributed by atoms with Crippen molar-refractivity contribution in [1.29, 1.82) is 0 Å². The minimum absolute atomic E-state index is 0.612. The highest BCUT2D eigenvalue weighted by Crippen LogP contribution is 2.46. The molecule has 2 aromatic rings. The van der Waals surface area contributed by atoms with Crippen LogP contribution in [-0.2, 0) is 0 Å². The van der Waals surface area contributed by atoms with Crippen LogP contribution in [0.15, 0.2) is 54.6 Å². The Bertz CT molecular complexity index is 579. The quantitative estimate of drug-likeness (QED) is 0.835. The van der Waals surface area contributed by atoms with Gasteiger partial charge in [0, 0.05) is 29.9 Å². The zero-order valence-corrected chi connectivity index (χ0v) is 10.9. The van der Waals surface area contributed by atoms with E-state index in [0.29, 0.717) is 12.0 Å². The molecule has 1 N–H and O–H groups in total. The third-order valence-electron chi connectivity index (χ3n) is 4.41. The maximum atomic E-state index is 3.54. The largest absolute Gasteiger partial charge is 0.337 e. The van der Waals surface area contributed by atoms with E-state index in [0.717, 1.165) is 13.1 Å². The number of hydrogen-bond acceptors (Lipinski definition) is 2. The van der Waals surface area contributed by atoms with Crippen molar-refractivity contribution in [2.45, 2.75) is 18.4 Å². The lowest BCUT2D eigenvalue weighted by Crippen LogP contribution is -2.42. The van der Waals surface area contributed by atoms with Crippen molar-refractivity contribution >= 4 is 11.4 Å². The maximum absolute atomic E-state index is 3.54. The van der Waals surface area contributed by atoms with Crippen LogP contribution in [0.25, 0.3) is 0 Å². The van der Waals surface area contributed by atoms with Gasteiger partial charge in [-0.3, -0.25) is 0 Å². The molecule has 1 fully saturated rings. The number of para-hydroxylation sites is 2. The van der Waals surface area contributed by atoms with Crippen LogP contribution in [0.3, 0.4) is 0 Å². The molecule has 0 spiro atoms. The smallest absolute Gasteiger partial charge is 0.0450 e. The van der Waals surface area contributed by atoms with Crippen LogP contribution in [0.5, 0.6) is 0 Å². The van der Waals surface area contributed by atoms with Gasteiger partial charge in [0.15, 0.2) is 0 Å². The molecule has 2 aliphatic rings. The molecule has 2 atom stereocenters. The third-order valence-corrected chi connectivity index (χ3v) is 4.41. The zero-order valence-electron chi connectivity index (χ0n) is 10.9. The van der Waals surface area contributed by atoms with Crippen molar-refractivity contribution < 1.29 is 0 Å². The number of fused-ring (bicyclic) bond motifs is 3. The fraction of sp³-hybridized carbons (Fsp3) is 0.294. The summed E-state index contributed by atoms with van der Waals surface area (Å²) >= 11 is 0. The molecule has 0 aromatic heterocycles. The van der Waals surface area contributed by atoms with E-state index in [-0.39, 0.29) is 0 Å². The van der Waals surface area contributed by atoms with Gasteiger partial charge >= 0.3 is 0 Å². The van der Waals surface area contributed by atoms with Crippen molar-refractivity contribution in [3.63, 3.8) is 0 Å². The molecule has 0 bridgehead atoms. The number of hydrogen-bond donors (Lipinski definition) is 1. The lowest BCUT2D eigenvalue weighted by Gasteiger charge is -2.34. The zero-order chi connectivity index (χ0) is 12.7. The average molecular weight is 250 g/mol. The van der Waals surface area contributed by atoms with Crippen molar-refractivity contribution in [3.8, 4) is 0 Å². The molecular formula is C17H18N2. The summed E-state index contributed by atoms with van der Waals surface area (Å²) in [6.45, 7) is 2.23. The second-order valence-corrected chi connectivity index (χ2v) is 5.43. The van der Waals surface area contributed by atoms with E-state index in [1.165, 1.54) is 23.4 Å². The van der Waals surface area contributed by atoms with E-state index < -0.39 is 0 Å². The SMILES string of the molecule is c1ccc(N2c3ccccc3C3CNCCC32)cc1. The molecule has 2 heteroatoms. The molecule has 0 saturated carbocycles. The predicted molar refractivity (Wildman–Crippen MR) is 79.0 cm³/mol. The number of benzene rings is 2. The van der Waals surface area contributed by atoms with Crippen LogP contribution in [0, 0.1) is 0 Å². The number of anilines is 2. The van der Waals surface area contributed by atoms with Crippen LogP contribution < -0.4 is 10.2 Å². The van der Waals surface area contributed by atoms with Crippen LogP contribution in [-0.4, -0.2) is 19.1 Å².